The van der Waals surface area contributed by atoms with E-state index >= 15 is 0 Å². The first-order valence-electron chi connectivity index (χ1n) is 8.37. The number of alkyl halides is 3. The number of aromatic nitrogens is 3. The molecule has 3 heterocycles. The van der Waals surface area contributed by atoms with Crippen molar-refractivity contribution in [2.75, 3.05) is 19.8 Å². The summed E-state index contributed by atoms with van der Waals surface area (Å²) < 4.78 is 46.5. The van der Waals surface area contributed by atoms with Gasteiger partial charge in [0.15, 0.2) is 12.0 Å². The summed E-state index contributed by atoms with van der Waals surface area (Å²) in [5, 5.41) is 4.16. The van der Waals surface area contributed by atoms with Crippen molar-refractivity contribution in [1.29, 1.82) is 0 Å². The average molecular weight is 366 g/mol. The first kappa shape index (κ1) is 17.0. The molecule has 6 nitrogen and oxygen atoms in total. The molecule has 0 unspecified atom stereocenters. The molecule has 1 aromatic heterocycles. The van der Waals surface area contributed by atoms with Crippen molar-refractivity contribution < 1.29 is 22.7 Å². The Morgan fingerprint density at radius 3 is 2.65 bits per heavy atom. The molecule has 2 aromatic rings. The van der Waals surface area contributed by atoms with Gasteiger partial charge in [-0.2, -0.15) is 0 Å². The van der Waals surface area contributed by atoms with Crippen LogP contribution in [0.4, 0.5) is 13.2 Å². The molecule has 0 saturated carbocycles. The van der Waals surface area contributed by atoms with Gasteiger partial charge in [0.25, 0.3) is 12.3 Å². The standard InChI is InChI=1S/C17H17F3N4O2/c18-12-6-13(10-4-2-1-3-5-10)24-16(12)21-15(22-24)17(25)23(7-14(19)20)11-8-26-9-11/h1-5,11-14H,6-9H2/t12-,13-/m0/s1. The molecule has 0 bridgehead atoms. The van der Waals surface area contributed by atoms with Gasteiger partial charge in [0.05, 0.1) is 31.8 Å². The molecule has 2 aliphatic rings. The van der Waals surface area contributed by atoms with Gasteiger partial charge in [-0.05, 0) is 5.56 Å². The maximum Gasteiger partial charge on any atom is 0.294 e. The van der Waals surface area contributed by atoms with Crippen molar-refractivity contribution in [3.8, 4) is 0 Å². The lowest BCUT2D eigenvalue weighted by Gasteiger charge is -2.36. The van der Waals surface area contributed by atoms with Crippen LogP contribution < -0.4 is 0 Å². The van der Waals surface area contributed by atoms with Gasteiger partial charge >= 0.3 is 0 Å². The van der Waals surface area contributed by atoms with E-state index in [9.17, 15) is 18.0 Å². The topological polar surface area (TPSA) is 60.2 Å². The maximum absolute atomic E-state index is 14.4. The number of amides is 1. The number of ether oxygens (including phenoxy) is 1. The minimum atomic E-state index is -2.68. The Balaban J connectivity index is 1.62. The van der Waals surface area contributed by atoms with Crippen LogP contribution >= 0.6 is 0 Å². The normalized spacial score (nSPS) is 22.3. The summed E-state index contributed by atoms with van der Waals surface area (Å²) in [4.78, 5) is 17.7. The summed E-state index contributed by atoms with van der Waals surface area (Å²) in [7, 11) is 0. The number of hydrogen-bond acceptors (Lipinski definition) is 4. The monoisotopic (exact) mass is 366 g/mol. The lowest BCUT2D eigenvalue weighted by molar-refractivity contribution is -0.0662. The van der Waals surface area contributed by atoms with E-state index in [2.05, 4.69) is 10.1 Å². The van der Waals surface area contributed by atoms with Crippen LogP contribution in [0.15, 0.2) is 30.3 Å². The molecule has 9 heteroatoms. The Morgan fingerprint density at radius 2 is 2.04 bits per heavy atom. The lowest BCUT2D eigenvalue weighted by atomic mass is 10.0. The largest absolute Gasteiger partial charge is 0.377 e. The number of halogens is 3. The molecule has 1 amide bonds. The molecular weight excluding hydrogens is 349 g/mol. The highest BCUT2D eigenvalue weighted by Gasteiger charge is 2.39. The summed E-state index contributed by atoms with van der Waals surface area (Å²) in [5.41, 5.74) is 0.856. The third-order valence-electron chi connectivity index (χ3n) is 4.70. The molecule has 26 heavy (non-hydrogen) atoms. The second-order valence-electron chi connectivity index (χ2n) is 6.41. The maximum atomic E-state index is 14.4. The number of benzene rings is 1. The Labute approximate surface area is 147 Å². The van der Waals surface area contributed by atoms with E-state index in [-0.39, 0.29) is 37.3 Å². The highest BCUT2D eigenvalue weighted by Crippen LogP contribution is 2.39. The fraction of sp³-hybridized carbons (Fsp3) is 0.471. The summed E-state index contributed by atoms with van der Waals surface area (Å²) in [5.74, 6) is -0.917. The van der Waals surface area contributed by atoms with Crippen LogP contribution in [0, 0.1) is 0 Å². The number of carbonyl (C=O) groups excluding carboxylic acids is 1. The second-order valence-corrected chi connectivity index (χ2v) is 6.41. The smallest absolute Gasteiger partial charge is 0.294 e. The molecule has 1 aromatic carbocycles. The van der Waals surface area contributed by atoms with Crippen LogP contribution in [0.5, 0.6) is 0 Å². The summed E-state index contributed by atoms with van der Waals surface area (Å²) in [6, 6.07) is 8.43. The number of rotatable bonds is 5. The van der Waals surface area contributed by atoms with Crippen LogP contribution in [-0.2, 0) is 4.74 Å². The van der Waals surface area contributed by atoms with Crippen LogP contribution in [0.25, 0.3) is 0 Å². The fourth-order valence-corrected chi connectivity index (χ4v) is 3.30. The van der Waals surface area contributed by atoms with E-state index in [0.717, 1.165) is 10.5 Å². The van der Waals surface area contributed by atoms with Crippen molar-refractivity contribution >= 4 is 5.91 Å². The van der Waals surface area contributed by atoms with Crippen LogP contribution in [-0.4, -0.2) is 57.8 Å². The first-order chi connectivity index (χ1) is 12.5. The Kier molecular flexibility index (Phi) is 4.39. The van der Waals surface area contributed by atoms with E-state index in [1.54, 1.807) is 0 Å². The summed E-state index contributed by atoms with van der Waals surface area (Å²) in [6.07, 6.45) is -3.85. The zero-order valence-electron chi connectivity index (χ0n) is 13.8. The summed E-state index contributed by atoms with van der Waals surface area (Å²) in [6.45, 7) is -0.327. The van der Waals surface area contributed by atoms with Crippen molar-refractivity contribution in [3.05, 3.63) is 47.5 Å². The van der Waals surface area contributed by atoms with Gasteiger partial charge in [-0.15, -0.1) is 5.10 Å². The van der Waals surface area contributed by atoms with Gasteiger partial charge in [-0.3, -0.25) is 4.79 Å². The number of hydrogen-bond donors (Lipinski definition) is 0. The molecule has 138 valence electrons. The average Bonchev–Trinajstić information content (AvgIpc) is 3.13. The van der Waals surface area contributed by atoms with Crippen LogP contribution in [0.2, 0.25) is 0 Å². The Morgan fingerprint density at radius 1 is 1.31 bits per heavy atom. The zero-order valence-corrected chi connectivity index (χ0v) is 13.8. The highest BCUT2D eigenvalue weighted by atomic mass is 19.3. The van der Waals surface area contributed by atoms with Crippen molar-refractivity contribution in [1.82, 2.24) is 19.7 Å². The Bertz CT molecular complexity index is 795. The molecule has 0 aliphatic carbocycles. The molecule has 0 N–H and O–H groups in total. The highest BCUT2D eigenvalue weighted by molar-refractivity contribution is 5.90. The van der Waals surface area contributed by atoms with Gasteiger partial charge in [0.2, 0.25) is 5.82 Å². The molecule has 4 rings (SSSR count). The number of carbonyl (C=O) groups is 1. The van der Waals surface area contributed by atoms with Gasteiger partial charge in [0.1, 0.15) is 0 Å². The quantitative estimate of drug-likeness (QED) is 0.815. The molecule has 2 aliphatic heterocycles. The van der Waals surface area contributed by atoms with E-state index in [0.29, 0.717) is 0 Å². The zero-order chi connectivity index (χ0) is 18.3. The third-order valence-corrected chi connectivity index (χ3v) is 4.70. The molecule has 1 fully saturated rings. The molecular formula is C17H17F3N4O2. The lowest BCUT2D eigenvalue weighted by Crippen LogP contribution is -2.53. The number of fused-ring (bicyclic) bond motifs is 1. The fourth-order valence-electron chi connectivity index (χ4n) is 3.30. The van der Waals surface area contributed by atoms with Crippen LogP contribution in [0.1, 0.15) is 40.6 Å². The number of nitrogens with zero attached hydrogens (tertiary/aromatic N) is 4. The minimum absolute atomic E-state index is 0.0593. The molecule has 0 radical (unpaired) electrons. The predicted octanol–water partition coefficient (Wildman–Crippen LogP) is 2.39. The minimum Gasteiger partial charge on any atom is -0.377 e. The second kappa shape index (κ2) is 6.71. The first-order valence-corrected chi connectivity index (χ1v) is 8.37. The van der Waals surface area contributed by atoms with E-state index < -0.39 is 31.1 Å². The van der Waals surface area contributed by atoms with Gasteiger partial charge < -0.3 is 9.64 Å². The van der Waals surface area contributed by atoms with Crippen molar-refractivity contribution in [3.63, 3.8) is 0 Å². The molecule has 1 saturated heterocycles. The van der Waals surface area contributed by atoms with Gasteiger partial charge in [0, 0.05) is 6.42 Å². The Hall–Kier alpha value is -2.42. The van der Waals surface area contributed by atoms with E-state index in [4.69, 9.17) is 4.74 Å². The van der Waals surface area contributed by atoms with Crippen LogP contribution in [0.3, 0.4) is 0 Å². The van der Waals surface area contributed by atoms with Gasteiger partial charge in [-0.1, -0.05) is 30.3 Å². The summed E-state index contributed by atoms with van der Waals surface area (Å²) >= 11 is 0. The third kappa shape index (κ3) is 2.96. The SMILES string of the molecule is O=C(c1nc2n(n1)[C@H](c1ccccc1)C[C@@H]2F)N(CC(F)F)C1COC1. The van der Waals surface area contributed by atoms with E-state index in [1.165, 1.54) is 4.68 Å². The van der Waals surface area contributed by atoms with Gasteiger partial charge in [-0.25, -0.2) is 22.8 Å². The van der Waals surface area contributed by atoms with Crippen molar-refractivity contribution in [2.45, 2.75) is 31.1 Å². The molecule has 2 atom stereocenters. The predicted molar refractivity (Wildman–Crippen MR) is 84.7 cm³/mol. The van der Waals surface area contributed by atoms with Crippen molar-refractivity contribution in [2.24, 2.45) is 0 Å². The molecule has 0 spiro atoms. The van der Waals surface area contributed by atoms with E-state index in [1.807, 2.05) is 30.3 Å².